The van der Waals surface area contributed by atoms with Crippen LogP contribution in [0.5, 0.6) is 0 Å². The molecule has 1 aliphatic rings. The molecule has 21 heavy (non-hydrogen) atoms. The maximum absolute atomic E-state index is 12.6. The Bertz CT molecular complexity index is 520. The first-order valence-electron chi connectivity index (χ1n) is 7.55. The fourth-order valence-corrected chi connectivity index (χ4v) is 7.13. The largest absolute Gasteiger partial charge is 0.329 e. The lowest BCUT2D eigenvalue weighted by Crippen LogP contribution is -2.57. The zero-order valence-corrected chi connectivity index (χ0v) is 14.7. The monoisotopic (exact) mass is 340 g/mol. The first-order chi connectivity index (χ1) is 9.67. The molecule has 0 saturated heterocycles. The van der Waals surface area contributed by atoms with Gasteiger partial charge < -0.3 is 5.73 Å². The van der Waals surface area contributed by atoms with Crippen molar-refractivity contribution in [2.75, 3.05) is 24.4 Å². The van der Waals surface area contributed by atoms with Gasteiger partial charge in [-0.15, -0.1) is 0 Å². The Morgan fingerprint density at radius 1 is 1.05 bits per heavy atom. The van der Waals surface area contributed by atoms with E-state index in [0.717, 1.165) is 31.9 Å². The molecule has 1 saturated carbocycles. The van der Waals surface area contributed by atoms with Crippen LogP contribution in [0.4, 0.5) is 0 Å². The molecule has 0 heterocycles. The molecule has 0 bridgehead atoms. The van der Waals surface area contributed by atoms with Crippen LogP contribution in [0.15, 0.2) is 0 Å². The summed E-state index contributed by atoms with van der Waals surface area (Å²) in [7, 11) is -7.46. The van der Waals surface area contributed by atoms with Crippen LogP contribution >= 0.6 is 0 Å². The Morgan fingerprint density at radius 2 is 1.57 bits per heavy atom. The Hall–Kier alpha value is -0.180. The SMILES string of the molecule is CCCN(C1(CN)CCCCCC1)S(=O)(=O)CS(C)(=O)=O. The highest BCUT2D eigenvalue weighted by molar-refractivity contribution is 8.06. The highest BCUT2D eigenvalue weighted by atomic mass is 32.3. The predicted octanol–water partition coefficient (Wildman–Crippen LogP) is 1.08. The smallest absolute Gasteiger partial charge is 0.229 e. The Labute approximate surface area is 129 Å². The van der Waals surface area contributed by atoms with E-state index in [4.69, 9.17) is 5.73 Å². The molecule has 1 aliphatic carbocycles. The van der Waals surface area contributed by atoms with Crippen molar-refractivity contribution in [3.8, 4) is 0 Å². The molecule has 0 spiro atoms. The molecule has 0 unspecified atom stereocenters. The summed E-state index contributed by atoms with van der Waals surface area (Å²) in [5, 5.41) is -0.832. The van der Waals surface area contributed by atoms with E-state index in [1.807, 2.05) is 6.92 Å². The summed E-state index contributed by atoms with van der Waals surface area (Å²) in [5.41, 5.74) is 5.33. The normalized spacial score (nSPS) is 20.4. The lowest BCUT2D eigenvalue weighted by Gasteiger charge is -2.42. The summed E-state index contributed by atoms with van der Waals surface area (Å²) in [4.78, 5) is 0. The Balaban J connectivity index is 3.18. The number of nitrogens with two attached hydrogens (primary N) is 1. The first-order valence-corrected chi connectivity index (χ1v) is 11.2. The van der Waals surface area contributed by atoms with Crippen molar-refractivity contribution < 1.29 is 16.8 Å². The maximum Gasteiger partial charge on any atom is 0.229 e. The van der Waals surface area contributed by atoms with E-state index >= 15 is 0 Å². The predicted molar refractivity (Wildman–Crippen MR) is 85.1 cm³/mol. The van der Waals surface area contributed by atoms with Crippen molar-refractivity contribution in [2.45, 2.75) is 57.4 Å². The lowest BCUT2D eigenvalue weighted by molar-refractivity contribution is 0.168. The van der Waals surface area contributed by atoms with Gasteiger partial charge in [-0.2, -0.15) is 4.31 Å². The van der Waals surface area contributed by atoms with Gasteiger partial charge in [0.05, 0.1) is 0 Å². The molecule has 0 aromatic heterocycles. The summed E-state index contributed by atoms with van der Waals surface area (Å²) in [6.07, 6.45) is 7.06. The minimum atomic E-state index is -3.86. The van der Waals surface area contributed by atoms with Crippen LogP contribution in [0.3, 0.4) is 0 Å². The lowest BCUT2D eigenvalue weighted by atomic mass is 9.90. The second kappa shape index (κ2) is 7.39. The minimum Gasteiger partial charge on any atom is -0.329 e. The molecular weight excluding hydrogens is 312 g/mol. The van der Waals surface area contributed by atoms with Crippen molar-refractivity contribution >= 4 is 19.9 Å². The van der Waals surface area contributed by atoms with Crippen molar-refractivity contribution in [3.63, 3.8) is 0 Å². The molecule has 1 rings (SSSR count). The van der Waals surface area contributed by atoms with E-state index < -0.39 is 30.5 Å². The molecule has 0 aromatic rings. The van der Waals surface area contributed by atoms with Gasteiger partial charge in [-0.05, 0) is 19.3 Å². The summed E-state index contributed by atoms with van der Waals surface area (Å²) < 4.78 is 49.5. The topological polar surface area (TPSA) is 97.5 Å². The molecule has 0 aromatic carbocycles. The second-order valence-corrected chi connectivity index (χ2v) is 10.5. The van der Waals surface area contributed by atoms with Crippen LogP contribution in [-0.4, -0.2) is 51.1 Å². The molecule has 8 heteroatoms. The maximum atomic E-state index is 12.6. The van der Waals surface area contributed by atoms with Crippen LogP contribution < -0.4 is 5.73 Å². The summed E-state index contributed by atoms with van der Waals surface area (Å²) in [5.74, 6) is 0. The molecule has 0 amide bonds. The highest BCUT2D eigenvalue weighted by Crippen LogP contribution is 2.34. The van der Waals surface area contributed by atoms with Gasteiger partial charge in [0.15, 0.2) is 14.9 Å². The minimum absolute atomic E-state index is 0.246. The van der Waals surface area contributed by atoms with Crippen molar-refractivity contribution in [3.05, 3.63) is 0 Å². The van der Waals surface area contributed by atoms with E-state index in [-0.39, 0.29) is 6.54 Å². The number of nitrogens with zero attached hydrogens (tertiary/aromatic N) is 1. The van der Waals surface area contributed by atoms with Crippen LogP contribution in [0.2, 0.25) is 0 Å². The summed E-state index contributed by atoms with van der Waals surface area (Å²) in [6, 6.07) is 0. The molecule has 126 valence electrons. The number of sulfone groups is 1. The van der Waals surface area contributed by atoms with Gasteiger partial charge in [0, 0.05) is 24.9 Å². The van der Waals surface area contributed by atoms with E-state index in [9.17, 15) is 16.8 Å². The summed E-state index contributed by atoms with van der Waals surface area (Å²) >= 11 is 0. The van der Waals surface area contributed by atoms with Crippen LogP contribution in [0.25, 0.3) is 0 Å². The molecule has 0 radical (unpaired) electrons. The first kappa shape index (κ1) is 18.9. The van der Waals surface area contributed by atoms with Gasteiger partial charge in [0.2, 0.25) is 10.0 Å². The van der Waals surface area contributed by atoms with Crippen molar-refractivity contribution in [1.29, 1.82) is 0 Å². The average molecular weight is 341 g/mol. The van der Waals surface area contributed by atoms with E-state index in [0.29, 0.717) is 25.8 Å². The van der Waals surface area contributed by atoms with E-state index in [1.54, 1.807) is 0 Å². The van der Waals surface area contributed by atoms with Crippen LogP contribution in [0, 0.1) is 0 Å². The molecule has 0 aliphatic heterocycles. The van der Waals surface area contributed by atoms with Crippen molar-refractivity contribution in [2.24, 2.45) is 5.73 Å². The van der Waals surface area contributed by atoms with E-state index in [1.165, 1.54) is 4.31 Å². The van der Waals surface area contributed by atoms with Gasteiger partial charge in [-0.3, -0.25) is 0 Å². The standard InChI is InChI=1S/C13H28N2O4S2/c1-3-10-15(21(18,19)12-20(2,16)17)13(11-14)8-6-4-5-7-9-13/h3-12,14H2,1-2H3. The van der Waals surface area contributed by atoms with Gasteiger partial charge in [-0.25, -0.2) is 16.8 Å². The number of rotatable bonds is 7. The Morgan fingerprint density at radius 3 is 1.95 bits per heavy atom. The number of sulfonamides is 1. The fraction of sp³-hybridized carbons (Fsp3) is 1.00. The quantitative estimate of drug-likeness (QED) is 0.699. The third-order valence-electron chi connectivity index (χ3n) is 4.07. The van der Waals surface area contributed by atoms with Crippen molar-refractivity contribution in [1.82, 2.24) is 4.31 Å². The van der Waals surface area contributed by atoms with Crippen LogP contribution in [0.1, 0.15) is 51.9 Å². The molecule has 0 atom stereocenters. The van der Waals surface area contributed by atoms with Gasteiger partial charge >= 0.3 is 0 Å². The van der Waals surface area contributed by atoms with E-state index in [2.05, 4.69) is 0 Å². The molecule has 2 N–H and O–H groups in total. The number of hydrogen-bond acceptors (Lipinski definition) is 5. The van der Waals surface area contributed by atoms with Gasteiger partial charge in [0.1, 0.15) is 0 Å². The molecular formula is C13H28N2O4S2. The highest BCUT2D eigenvalue weighted by Gasteiger charge is 2.43. The zero-order chi connectivity index (χ0) is 16.1. The third-order valence-corrected chi connectivity index (χ3v) is 8.21. The Kier molecular flexibility index (Phi) is 6.64. The molecule has 6 nitrogen and oxygen atoms in total. The van der Waals surface area contributed by atoms with Gasteiger partial charge in [-0.1, -0.05) is 32.6 Å². The summed E-state index contributed by atoms with van der Waals surface area (Å²) in [6.45, 7) is 2.47. The second-order valence-electron chi connectivity index (χ2n) is 6.07. The molecule has 1 fully saturated rings. The average Bonchev–Trinajstić information content (AvgIpc) is 2.59. The number of hydrogen-bond donors (Lipinski definition) is 1. The van der Waals surface area contributed by atoms with Gasteiger partial charge in [0.25, 0.3) is 0 Å². The fourth-order valence-electron chi connectivity index (χ4n) is 3.15. The zero-order valence-electron chi connectivity index (χ0n) is 13.0. The van der Waals surface area contributed by atoms with Crippen LogP contribution in [-0.2, 0) is 19.9 Å². The third kappa shape index (κ3) is 5.19.